The molecule has 2 rings (SSSR count). The molecule has 2 N–H and O–H groups in total. The molecule has 136 valence electrons. The molecule has 2 aromatic rings. The lowest BCUT2D eigenvalue weighted by Crippen LogP contribution is -2.46. The van der Waals surface area contributed by atoms with Gasteiger partial charge in [0, 0.05) is 23.7 Å². The van der Waals surface area contributed by atoms with Crippen LogP contribution >= 0.6 is 0 Å². The summed E-state index contributed by atoms with van der Waals surface area (Å²) in [6, 6.07) is 12.8. The molecule has 0 bridgehead atoms. The number of hydrogen-bond donors (Lipinski definition) is 2. The molecular weight excluding hydrogens is 336 g/mol. The number of rotatable bonds is 7. The van der Waals surface area contributed by atoms with Gasteiger partial charge in [0.2, 0.25) is 0 Å². The number of carbonyl (C=O) groups is 2. The van der Waals surface area contributed by atoms with E-state index >= 15 is 0 Å². The molecule has 0 heterocycles. The summed E-state index contributed by atoms with van der Waals surface area (Å²) in [5.74, 6) is -1.50. The molecule has 0 radical (unpaired) electrons. The van der Waals surface area contributed by atoms with Crippen molar-refractivity contribution in [2.75, 3.05) is 6.54 Å². The zero-order chi connectivity index (χ0) is 19.3. The predicted octanol–water partition coefficient (Wildman–Crippen LogP) is 3.07. The third-order valence-corrected chi connectivity index (χ3v) is 4.55. The molecule has 0 fully saturated rings. The zero-order valence-corrected chi connectivity index (χ0v) is 14.6. The molecule has 0 saturated heterocycles. The molecule has 0 aliphatic heterocycles. The first-order chi connectivity index (χ1) is 12.3. The first kappa shape index (κ1) is 19.1. The second kappa shape index (κ2) is 7.77. The van der Waals surface area contributed by atoms with Crippen LogP contribution in [-0.2, 0) is 10.2 Å². The van der Waals surface area contributed by atoms with Gasteiger partial charge in [-0.3, -0.25) is 19.7 Å². The van der Waals surface area contributed by atoms with Crippen LogP contribution in [0.3, 0.4) is 0 Å². The Morgan fingerprint density at radius 2 is 1.85 bits per heavy atom. The van der Waals surface area contributed by atoms with E-state index < -0.39 is 22.2 Å². The summed E-state index contributed by atoms with van der Waals surface area (Å²) < 4.78 is 0. The summed E-state index contributed by atoms with van der Waals surface area (Å²) >= 11 is 0. The highest BCUT2D eigenvalue weighted by molar-refractivity contribution is 5.95. The van der Waals surface area contributed by atoms with Gasteiger partial charge in [-0.05, 0) is 31.0 Å². The van der Waals surface area contributed by atoms with Crippen LogP contribution in [0, 0.1) is 17.0 Å². The number of hydrogen-bond acceptors (Lipinski definition) is 4. The molecule has 7 heteroatoms. The fourth-order valence-corrected chi connectivity index (χ4v) is 2.87. The first-order valence-corrected chi connectivity index (χ1v) is 8.14. The Morgan fingerprint density at radius 1 is 1.19 bits per heavy atom. The van der Waals surface area contributed by atoms with E-state index in [-0.39, 0.29) is 17.8 Å². The van der Waals surface area contributed by atoms with Crippen LogP contribution in [0.2, 0.25) is 0 Å². The minimum Gasteiger partial charge on any atom is -0.481 e. The Morgan fingerprint density at radius 3 is 2.35 bits per heavy atom. The number of nitro groups is 1. The number of benzene rings is 2. The van der Waals surface area contributed by atoms with Gasteiger partial charge in [-0.15, -0.1) is 0 Å². The van der Waals surface area contributed by atoms with E-state index in [4.69, 9.17) is 0 Å². The number of carbonyl (C=O) groups excluding carboxylic acids is 1. The molecule has 2 aromatic carbocycles. The Labute approximate surface area is 150 Å². The average molecular weight is 356 g/mol. The summed E-state index contributed by atoms with van der Waals surface area (Å²) in [6.07, 6.45) is 0.298. The number of amides is 1. The molecule has 1 unspecified atom stereocenters. The van der Waals surface area contributed by atoms with Gasteiger partial charge in [0.1, 0.15) is 5.41 Å². The highest BCUT2D eigenvalue weighted by atomic mass is 16.6. The molecular formula is C19H20N2O5. The molecule has 0 aliphatic carbocycles. The molecule has 7 nitrogen and oxygen atoms in total. The van der Waals surface area contributed by atoms with Crippen LogP contribution in [0.25, 0.3) is 0 Å². The van der Waals surface area contributed by atoms with E-state index in [0.717, 1.165) is 0 Å². The third kappa shape index (κ3) is 3.72. The van der Waals surface area contributed by atoms with E-state index in [9.17, 15) is 24.8 Å². The molecule has 26 heavy (non-hydrogen) atoms. The fraction of sp³-hybridized carbons (Fsp3) is 0.263. The molecule has 1 atom stereocenters. The van der Waals surface area contributed by atoms with Gasteiger partial charge in [0.15, 0.2) is 0 Å². The van der Waals surface area contributed by atoms with E-state index in [0.29, 0.717) is 17.5 Å². The smallest absolute Gasteiger partial charge is 0.315 e. The van der Waals surface area contributed by atoms with Crippen LogP contribution < -0.4 is 5.32 Å². The van der Waals surface area contributed by atoms with Crippen LogP contribution in [-0.4, -0.2) is 28.5 Å². The van der Waals surface area contributed by atoms with E-state index in [2.05, 4.69) is 5.32 Å². The number of carboxylic acids is 1. The van der Waals surface area contributed by atoms with Crippen LogP contribution in [0.1, 0.15) is 34.8 Å². The summed E-state index contributed by atoms with van der Waals surface area (Å²) in [7, 11) is 0. The van der Waals surface area contributed by atoms with Crippen LogP contribution in [0.4, 0.5) is 5.69 Å². The van der Waals surface area contributed by atoms with Crippen molar-refractivity contribution in [3.8, 4) is 0 Å². The van der Waals surface area contributed by atoms with Crippen molar-refractivity contribution < 1.29 is 19.6 Å². The van der Waals surface area contributed by atoms with Crippen LogP contribution in [0.15, 0.2) is 48.5 Å². The number of aliphatic carboxylic acids is 1. The van der Waals surface area contributed by atoms with E-state index in [1.54, 1.807) is 44.2 Å². The average Bonchev–Trinajstić information content (AvgIpc) is 2.62. The Bertz CT molecular complexity index is 835. The van der Waals surface area contributed by atoms with Gasteiger partial charge >= 0.3 is 5.97 Å². The van der Waals surface area contributed by atoms with Crippen LogP contribution in [0.5, 0.6) is 0 Å². The largest absolute Gasteiger partial charge is 0.481 e. The molecule has 0 aromatic heterocycles. The Kier molecular flexibility index (Phi) is 5.71. The van der Waals surface area contributed by atoms with Gasteiger partial charge in [0.05, 0.1) is 4.92 Å². The topological polar surface area (TPSA) is 110 Å². The fourth-order valence-electron chi connectivity index (χ4n) is 2.87. The van der Waals surface area contributed by atoms with E-state index in [1.165, 1.54) is 18.2 Å². The molecule has 0 aliphatic rings. The van der Waals surface area contributed by atoms with Crippen molar-refractivity contribution in [3.05, 3.63) is 75.3 Å². The Hall–Kier alpha value is -3.22. The lowest BCUT2D eigenvalue weighted by atomic mass is 9.78. The van der Waals surface area contributed by atoms with Gasteiger partial charge in [-0.2, -0.15) is 0 Å². The zero-order valence-electron chi connectivity index (χ0n) is 14.6. The summed E-state index contributed by atoms with van der Waals surface area (Å²) in [4.78, 5) is 34.7. The lowest BCUT2D eigenvalue weighted by molar-refractivity contribution is -0.385. The number of nitrogens with one attached hydrogen (secondary N) is 1. The summed E-state index contributed by atoms with van der Waals surface area (Å²) in [5, 5.41) is 23.3. The monoisotopic (exact) mass is 356 g/mol. The van der Waals surface area contributed by atoms with Crippen molar-refractivity contribution in [2.45, 2.75) is 25.7 Å². The quantitative estimate of drug-likeness (QED) is 0.585. The van der Waals surface area contributed by atoms with Crippen molar-refractivity contribution in [2.24, 2.45) is 0 Å². The Balaban J connectivity index is 2.24. The van der Waals surface area contributed by atoms with Crippen molar-refractivity contribution in [1.82, 2.24) is 5.32 Å². The van der Waals surface area contributed by atoms with Gasteiger partial charge in [-0.1, -0.05) is 37.3 Å². The predicted molar refractivity (Wildman–Crippen MR) is 96.2 cm³/mol. The minimum absolute atomic E-state index is 0.0701. The summed E-state index contributed by atoms with van der Waals surface area (Å²) in [5.41, 5.74) is -0.0936. The molecule has 0 saturated carbocycles. The highest BCUT2D eigenvalue weighted by Gasteiger charge is 2.39. The standard InChI is InChI=1S/C19H20N2O5/c1-3-19(18(23)24,15-7-5-4-6-8-15)12-20-17(22)14-9-10-16(21(25)26)13(2)11-14/h4-11H,3,12H2,1-2H3,(H,20,22)(H,23,24). The molecule has 1 amide bonds. The highest BCUT2D eigenvalue weighted by Crippen LogP contribution is 2.28. The third-order valence-electron chi connectivity index (χ3n) is 4.55. The SMILES string of the molecule is CCC(CNC(=O)c1ccc([N+](=O)[O-])c(C)c1)(C(=O)O)c1ccccc1. The van der Waals surface area contributed by atoms with Crippen molar-refractivity contribution >= 4 is 17.6 Å². The number of carboxylic acid groups (broad SMARTS) is 1. The first-order valence-electron chi connectivity index (χ1n) is 8.14. The maximum Gasteiger partial charge on any atom is 0.315 e. The second-order valence-electron chi connectivity index (χ2n) is 6.05. The summed E-state index contributed by atoms with van der Waals surface area (Å²) in [6.45, 7) is 3.22. The maximum atomic E-state index is 12.4. The number of nitro benzene ring substituents is 1. The van der Waals surface area contributed by atoms with Crippen molar-refractivity contribution in [3.63, 3.8) is 0 Å². The van der Waals surface area contributed by atoms with Crippen molar-refractivity contribution in [1.29, 1.82) is 0 Å². The van der Waals surface area contributed by atoms with Gasteiger partial charge < -0.3 is 10.4 Å². The molecule has 0 spiro atoms. The van der Waals surface area contributed by atoms with Gasteiger partial charge in [0.25, 0.3) is 11.6 Å². The normalized spacial score (nSPS) is 12.8. The second-order valence-corrected chi connectivity index (χ2v) is 6.05. The number of nitrogens with zero attached hydrogens (tertiary/aromatic N) is 1. The number of aryl methyl sites for hydroxylation is 1. The van der Waals surface area contributed by atoms with Gasteiger partial charge in [-0.25, -0.2) is 0 Å². The van der Waals surface area contributed by atoms with E-state index in [1.807, 2.05) is 0 Å². The lowest BCUT2D eigenvalue weighted by Gasteiger charge is -2.29. The maximum absolute atomic E-state index is 12.4. The minimum atomic E-state index is -1.24.